The van der Waals surface area contributed by atoms with Gasteiger partial charge in [-0.2, -0.15) is 14.0 Å². The average Bonchev–Trinajstić information content (AvgIpc) is 2.71. The van der Waals surface area contributed by atoms with Crippen molar-refractivity contribution in [3.8, 4) is 17.6 Å². The van der Waals surface area contributed by atoms with Crippen LogP contribution in [0.4, 0.5) is 30.7 Å². The molecule has 1 unspecified atom stereocenters. The Labute approximate surface area is 149 Å². The number of ether oxygens (including phenoxy) is 1. The highest BCUT2D eigenvalue weighted by Gasteiger charge is 2.69. The zero-order valence-electron chi connectivity index (χ0n) is 13.5. The summed E-state index contributed by atoms with van der Waals surface area (Å²) in [5.74, 6) is -6.35. The first-order chi connectivity index (χ1) is 12.5. The molecule has 1 aliphatic rings. The number of halogens is 7. The molecule has 0 aromatic heterocycles. The van der Waals surface area contributed by atoms with E-state index in [0.717, 1.165) is 18.2 Å². The fourth-order valence-corrected chi connectivity index (χ4v) is 2.98. The third-order valence-electron chi connectivity index (χ3n) is 4.38. The number of alkyl halides is 5. The quantitative estimate of drug-likeness (QED) is 0.551. The van der Waals surface area contributed by atoms with Gasteiger partial charge in [0.25, 0.3) is 6.43 Å². The van der Waals surface area contributed by atoms with E-state index in [9.17, 15) is 30.7 Å². The third kappa shape index (κ3) is 2.81. The number of benzene rings is 2. The van der Waals surface area contributed by atoms with Gasteiger partial charge in [-0.3, -0.25) is 0 Å². The first-order valence-corrected chi connectivity index (χ1v) is 7.55. The van der Waals surface area contributed by atoms with Crippen molar-refractivity contribution in [2.75, 3.05) is 0 Å². The van der Waals surface area contributed by atoms with E-state index in [-0.39, 0.29) is 11.3 Å². The van der Waals surface area contributed by atoms with E-state index >= 15 is 0 Å². The number of rotatable bonds is 3. The first kappa shape index (κ1) is 19.1. The zero-order chi connectivity index (χ0) is 20.1. The van der Waals surface area contributed by atoms with Gasteiger partial charge in [0, 0.05) is 11.6 Å². The Hall–Kier alpha value is -2.70. The van der Waals surface area contributed by atoms with Crippen LogP contribution in [0.25, 0.3) is 0 Å². The summed E-state index contributed by atoms with van der Waals surface area (Å²) in [6.07, 6.45) is -3.47. The Bertz CT molecular complexity index is 955. The van der Waals surface area contributed by atoms with Crippen molar-refractivity contribution < 1.29 is 35.4 Å². The standard InChI is InChI=1S/C17H9BF7NO/c1-16(22)17(23,24)11-2-3-12(13(15(20)21)14(11)18(16)25)27-10-5-8(7-26)4-9(19)6-10/h2-6,15H,1H3. The maximum Gasteiger partial charge on any atom is 0.426 e. The molecule has 0 radical (unpaired) electrons. The van der Waals surface area contributed by atoms with Gasteiger partial charge < -0.3 is 9.05 Å². The zero-order valence-corrected chi connectivity index (χ0v) is 13.5. The van der Waals surface area contributed by atoms with Crippen LogP contribution in [-0.2, 0) is 5.92 Å². The third-order valence-corrected chi connectivity index (χ3v) is 4.38. The summed E-state index contributed by atoms with van der Waals surface area (Å²) in [6.45, 7) is -2.73. The Kier molecular flexibility index (Phi) is 4.37. The fourth-order valence-electron chi connectivity index (χ4n) is 2.98. The molecule has 0 amide bonds. The van der Waals surface area contributed by atoms with Gasteiger partial charge in [-0.05, 0) is 36.7 Å². The molecule has 2 nitrogen and oxygen atoms in total. The maximum atomic E-state index is 14.4. The number of hydrogen-bond donors (Lipinski definition) is 0. The Morgan fingerprint density at radius 3 is 2.41 bits per heavy atom. The van der Waals surface area contributed by atoms with Crippen molar-refractivity contribution in [2.24, 2.45) is 0 Å². The van der Waals surface area contributed by atoms with Crippen LogP contribution in [0, 0.1) is 17.1 Å². The van der Waals surface area contributed by atoms with Crippen molar-refractivity contribution >= 4 is 12.5 Å². The number of nitrogens with zero attached hydrogens (tertiary/aromatic N) is 1. The molecule has 2 aromatic carbocycles. The molecule has 1 aliphatic heterocycles. The lowest BCUT2D eigenvalue weighted by molar-refractivity contribution is -0.0932. The molecule has 2 aromatic rings. The predicted molar refractivity (Wildman–Crippen MR) is 82.5 cm³/mol. The summed E-state index contributed by atoms with van der Waals surface area (Å²) < 4.78 is 103. The van der Waals surface area contributed by atoms with Gasteiger partial charge in [0.1, 0.15) is 17.3 Å². The first-order valence-electron chi connectivity index (χ1n) is 7.55. The maximum absolute atomic E-state index is 14.4. The molecule has 1 heterocycles. The lowest BCUT2D eigenvalue weighted by Crippen LogP contribution is -2.46. The minimum Gasteiger partial charge on any atom is -0.457 e. The molecule has 3 rings (SSSR count). The summed E-state index contributed by atoms with van der Waals surface area (Å²) in [6, 6.07) is 5.57. The summed E-state index contributed by atoms with van der Waals surface area (Å²) in [5, 5.41) is 8.81. The summed E-state index contributed by atoms with van der Waals surface area (Å²) in [4.78, 5) is 0. The van der Waals surface area contributed by atoms with E-state index < -0.39 is 53.1 Å². The van der Waals surface area contributed by atoms with Crippen LogP contribution in [0.2, 0.25) is 0 Å². The molecular weight excluding hydrogens is 378 g/mol. The van der Waals surface area contributed by atoms with Gasteiger partial charge in [-0.25, -0.2) is 17.6 Å². The lowest BCUT2D eigenvalue weighted by Gasteiger charge is -2.23. The monoisotopic (exact) mass is 387 g/mol. The largest absolute Gasteiger partial charge is 0.457 e. The molecule has 0 saturated heterocycles. The second-order valence-corrected chi connectivity index (χ2v) is 6.14. The Balaban J connectivity index is 2.17. The topological polar surface area (TPSA) is 33.0 Å². The van der Waals surface area contributed by atoms with Gasteiger partial charge in [-0.1, -0.05) is 0 Å². The molecule has 1 atom stereocenters. The number of hydrogen-bond acceptors (Lipinski definition) is 2. The summed E-state index contributed by atoms with van der Waals surface area (Å²) >= 11 is 0. The van der Waals surface area contributed by atoms with Crippen LogP contribution >= 0.6 is 0 Å². The Morgan fingerprint density at radius 2 is 1.81 bits per heavy atom. The summed E-state index contributed by atoms with van der Waals surface area (Å²) in [5.41, 5.74) is -7.53. The minimum atomic E-state index is -4.32. The molecule has 27 heavy (non-hydrogen) atoms. The SMILES string of the molecule is CC1(F)B(F)c2c(ccc(Oc3cc(F)cc(C#N)c3)c2C(F)F)C1(F)F. The van der Waals surface area contributed by atoms with Gasteiger partial charge in [0.2, 0.25) is 0 Å². The highest BCUT2D eigenvalue weighted by atomic mass is 19.3. The molecule has 0 saturated carbocycles. The van der Waals surface area contributed by atoms with Gasteiger partial charge >= 0.3 is 12.9 Å². The van der Waals surface area contributed by atoms with Gasteiger partial charge in [-0.15, -0.1) is 0 Å². The summed E-state index contributed by atoms with van der Waals surface area (Å²) in [7, 11) is 0. The molecule has 10 heteroatoms. The molecule has 0 bridgehead atoms. The molecule has 140 valence electrons. The van der Waals surface area contributed by atoms with E-state index in [4.69, 9.17) is 10.00 Å². The second kappa shape index (κ2) is 6.18. The normalized spacial score (nSPS) is 20.5. The second-order valence-electron chi connectivity index (χ2n) is 6.14. The van der Waals surface area contributed by atoms with Crippen molar-refractivity contribution in [3.05, 3.63) is 52.8 Å². The molecular formula is C17H9BF7NO. The van der Waals surface area contributed by atoms with Crippen molar-refractivity contribution in [3.63, 3.8) is 0 Å². The van der Waals surface area contributed by atoms with Crippen LogP contribution in [0.15, 0.2) is 30.3 Å². The van der Waals surface area contributed by atoms with Crippen LogP contribution in [-0.4, -0.2) is 12.6 Å². The van der Waals surface area contributed by atoms with Crippen molar-refractivity contribution in [2.45, 2.75) is 24.8 Å². The van der Waals surface area contributed by atoms with E-state index in [1.54, 1.807) is 6.07 Å². The molecule has 0 N–H and O–H groups in total. The van der Waals surface area contributed by atoms with Crippen LogP contribution in [0.3, 0.4) is 0 Å². The van der Waals surface area contributed by atoms with Crippen molar-refractivity contribution in [1.29, 1.82) is 5.26 Å². The molecule has 0 fully saturated rings. The average molecular weight is 387 g/mol. The predicted octanol–water partition coefficient (Wildman–Crippen LogP) is 4.97. The van der Waals surface area contributed by atoms with E-state index in [0.29, 0.717) is 19.1 Å². The molecule has 0 spiro atoms. The van der Waals surface area contributed by atoms with Gasteiger partial charge in [0.05, 0.1) is 17.2 Å². The van der Waals surface area contributed by atoms with Crippen LogP contribution < -0.4 is 10.2 Å². The van der Waals surface area contributed by atoms with E-state index in [2.05, 4.69) is 0 Å². The van der Waals surface area contributed by atoms with E-state index in [1.807, 2.05) is 0 Å². The number of fused-ring (bicyclic) bond motifs is 1. The van der Waals surface area contributed by atoms with Crippen LogP contribution in [0.1, 0.15) is 30.0 Å². The smallest absolute Gasteiger partial charge is 0.426 e. The minimum absolute atomic E-state index is 0.184. The fraction of sp³-hybridized carbons (Fsp3) is 0.235. The van der Waals surface area contributed by atoms with Crippen LogP contribution in [0.5, 0.6) is 11.5 Å². The van der Waals surface area contributed by atoms with Gasteiger partial charge in [0.15, 0.2) is 5.57 Å². The highest BCUT2D eigenvalue weighted by Crippen LogP contribution is 2.50. The Morgan fingerprint density at radius 1 is 1.15 bits per heavy atom. The molecule has 0 aliphatic carbocycles. The highest BCUT2D eigenvalue weighted by molar-refractivity contribution is 6.72. The van der Waals surface area contributed by atoms with Crippen molar-refractivity contribution in [1.82, 2.24) is 0 Å². The lowest BCUT2D eigenvalue weighted by atomic mass is 9.55. The van der Waals surface area contributed by atoms with E-state index in [1.165, 1.54) is 0 Å². The number of nitriles is 1.